The molecule has 4 aliphatic heterocycles. The van der Waals surface area contributed by atoms with Crippen molar-refractivity contribution in [3.05, 3.63) is 58.7 Å². The van der Waals surface area contributed by atoms with Gasteiger partial charge in [-0.3, -0.25) is 29.0 Å². The number of carbonyl (C=O) groups excluding carboxylic acids is 4. The molecule has 4 aliphatic rings. The molecule has 0 aliphatic carbocycles. The fraction of sp³-hybridized carbons (Fsp3) is 0.538. The van der Waals surface area contributed by atoms with Gasteiger partial charge in [0.2, 0.25) is 0 Å². The fourth-order valence-electron chi connectivity index (χ4n) is 11.5. The van der Waals surface area contributed by atoms with Crippen molar-refractivity contribution < 1.29 is 19.2 Å². The SMILES string of the molecule is CCCCC(CC)CN1C(=O)c2ccc3c4c(N5CCCC(C)C5)cc5c6c(ccc(c7c(N8CCCC(C)C8)cc(c2c37)C1=O)c64)C(=O)N(CC(CC)CCCC)C5=O. The predicted molar refractivity (Wildman–Crippen MR) is 246 cm³/mol. The number of amides is 4. The van der Waals surface area contributed by atoms with Crippen LogP contribution in [-0.4, -0.2) is 72.7 Å². The minimum atomic E-state index is -0.207. The van der Waals surface area contributed by atoms with Crippen LogP contribution < -0.4 is 9.80 Å². The number of anilines is 2. The lowest BCUT2D eigenvalue weighted by atomic mass is 9.80. The van der Waals surface area contributed by atoms with Crippen molar-refractivity contribution in [3.8, 4) is 0 Å². The first-order chi connectivity index (χ1) is 29.1. The van der Waals surface area contributed by atoms with Crippen LogP contribution in [0.3, 0.4) is 0 Å². The number of unbranched alkanes of at least 4 members (excludes halogenated alkanes) is 2. The molecule has 5 aromatic carbocycles. The molecule has 60 heavy (non-hydrogen) atoms. The lowest BCUT2D eigenvalue weighted by molar-refractivity contribution is 0.0565. The Kier molecular flexibility index (Phi) is 11.0. The maximum atomic E-state index is 14.9. The summed E-state index contributed by atoms with van der Waals surface area (Å²) < 4.78 is 0. The normalized spacial score (nSPS) is 20.8. The van der Waals surface area contributed by atoms with E-state index in [9.17, 15) is 19.2 Å². The molecule has 0 N–H and O–H groups in total. The molecule has 2 saturated heterocycles. The van der Waals surface area contributed by atoms with E-state index < -0.39 is 0 Å². The van der Waals surface area contributed by atoms with Gasteiger partial charge in [-0.1, -0.05) is 92.2 Å². The average molecular weight is 809 g/mol. The van der Waals surface area contributed by atoms with Crippen LogP contribution in [0.4, 0.5) is 11.4 Å². The summed E-state index contributed by atoms with van der Waals surface area (Å²) in [5.41, 5.74) is 4.43. The van der Waals surface area contributed by atoms with Gasteiger partial charge in [0, 0.05) is 94.1 Å². The van der Waals surface area contributed by atoms with Crippen LogP contribution >= 0.6 is 0 Å². The Balaban J connectivity index is 1.35. The van der Waals surface area contributed by atoms with Crippen LogP contribution in [0.1, 0.15) is 160 Å². The first-order valence-electron chi connectivity index (χ1n) is 23.6. The lowest BCUT2D eigenvalue weighted by Crippen LogP contribution is -2.43. The summed E-state index contributed by atoms with van der Waals surface area (Å²) in [6.07, 6.45) is 12.5. The molecule has 0 radical (unpaired) electrons. The quantitative estimate of drug-likeness (QED) is 0.0631. The largest absolute Gasteiger partial charge is 0.371 e. The van der Waals surface area contributed by atoms with E-state index in [1.54, 1.807) is 9.80 Å². The van der Waals surface area contributed by atoms with E-state index in [4.69, 9.17) is 0 Å². The number of hydrogen-bond donors (Lipinski definition) is 0. The third-order valence-electron chi connectivity index (χ3n) is 14.9. The minimum Gasteiger partial charge on any atom is -0.371 e. The van der Waals surface area contributed by atoms with Crippen LogP contribution in [0.15, 0.2) is 36.4 Å². The van der Waals surface area contributed by atoms with Gasteiger partial charge in [-0.2, -0.15) is 0 Å². The number of rotatable bonds is 14. The highest BCUT2D eigenvalue weighted by atomic mass is 16.2. The number of carbonyl (C=O) groups is 4. The van der Waals surface area contributed by atoms with E-state index in [1.165, 1.54) is 0 Å². The highest BCUT2D eigenvalue weighted by molar-refractivity contribution is 6.44. The molecule has 4 amide bonds. The predicted octanol–water partition coefficient (Wildman–Crippen LogP) is 11.8. The number of piperidine rings is 2. The first kappa shape index (κ1) is 40.7. The van der Waals surface area contributed by atoms with Gasteiger partial charge in [-0.15, -0.1) is 0 Å². The standard InChI is InChI=1S/C52H64N4O4/c1-7-11-17-33(9-3)29-55-49(57)37-21-19-35-46-42(54-24-14-16-32(6)28-54)26-40-44-38(50(58)56(52(40)60)30-34(10-4)18-12-8-2)22-20-36(48(44)46)45-41(53-23-13-15-31(5)27-53)25-39(51(55)59)43(37)47(35)45/h19-22,25-26,31-34H,7-18,23-24,27-30H2,1-6H3. The number of fused-ring (bicyclic) bond motifs is 2. The molecule has 4 atom stereocenters. The van der Waals surface area contributed by atoms with Gasteiger partial charge < -0.3 is 9.80 Å². The molecule has 0 bridgehead atoms. The molecular formula is C52H64N4O4. The van der Waals surface area contributed by atoms with Crippen molar-refractivity contribution in [1.29, 1.82) is 0 Å². The molecule has 0 saturated carbocycles. The van der Waals surface area contributed by atoms with Gasteiger partial charge in [0.15, 0.2) is 0 Å². The number of benzene rings is 5. The Morgan fingerprint density at radius 3 is 1.30 bits per heavy atom. The third-order valence-corrected chi connectivity index (χ3v) is 14.9. The molecule has 316 valence electrons. The molecule has 9 rings (SSSR count). The summed E-state index contributed by atoms with van der Waals surface area (Å²) in [5, 5.41) is 7.41. The van der Waals surface area contributed by atoms with E-state index >= 15 is 0 Å². The summed E-state index contributed by atoms with van der Waals surface area (Å²) in [6, 6.07) is 12.4. The number of nitrogens with zero attached hydrogens (tertiary/aromatic N) is 4. The van der Waals surface area contributed by atoms with Gasteiger partial charge in [0.1, 0.15) is 0 Å². The number of hydrogen-bond acceptors (Lipinski definition) is 6. The lowest BCUT2D eigenvalue weighted by Gasteiger charge is -2.38. The second kappa shape index (κ2) is 16.3. The van der Waals surface area contributed by atoms with Crippen molar-refractivity contribution in [2.45, 2.75) is 119 Å². The molecule has 2 fully saturated rings. The molecule has 8 nitrogen and oxygen atoms in total. The van der Waals surface area contributed by atoms with E-state index in [-0.39, 0.29) is 35.5 Å². The summed E-state index contributed by atoms with van der Waals surface area (Å²) in [5.74, 6) is 0.660. The highest BCUT2D eigenvalue weighted by Gasteiger charge is 2.40. The van der Waals surface area contributed by atoms with E-state index in [0.29, 0.717) is 47.2 Å². The Morgan fingerprint density at radius 1 is 0.533 bits per heavy atom. The Bertz CT molecular complexity index is 2350. The van der Waals surface area contributed by atoms with E-state index in [1.807, 2.05) is 12.1 Å². The molecular weight excluding hydrogens is 745 g/mol. The van der Waals surface area contributed by atoms with Crippen molar-refractivity contribution in [1.82, 2.24) is 9.80 Å². The zero-order valence-electron chi connectivity index (χ0n) is 36.9. The Labute approximate surface area is 355 Å². The maximum absolute atomic E-state index is 14.9. The second-order valence-corrected chi connectivity index (χ2v) is 19.1. The zero-order chi connectivity index (χ0) is 42.0. The molecule has 4 unspecified atom stereocenters. The fourth-order valence-corrected chi connectivity index (χ4v) is 11.5. The van der Waals surface area contributed by atoms with Crippen LogP contribution in [0.25, 0.3) is 43.1 Å². The van der Waals surface area contributed by atoms with Gasteiger partial charge in [0.25, 0.3) is 23.6 Å². The van der Waals surface area contributed by atoms with Crippen LogP contribution in [0.2, 0.25) is 0 Å². The summed E-state index contributed by atoms with van der Waals surface area (Å²) in [6.45, 7) is 17.6. The molecule has 5 aromatic rings. The van der Waals surface area contributed by atoms with Crippen LogP contribution in [0, 0.1) is 23.7 Å². The molecule has 0 spiro atoms. The third kappa shape index (κ3) is 6.53. The van der Waals surface area contributed by atoms with E-state index in [0.717, 1.165) is 158 Å². The van der Waals surface area contributed by atoms with Gasteiger partial charge in [0.05, 0.1) is 11.1 Å². The van der Waals surface area contributed by atoms with Gasteiger partial charge in [-0.05, 0) is 97.2 Å². The number of imide groups is 2. The van der Waals surface area contributed by atoms with Crippen molar-refractivity contribution in [2.75, 3.05) is 49.1 Å². The molecule has 0 aromatic heterocycles. The van der Waals surface area contributed by atoms with Crippen molar-refractivity contribution in [3.63, 3.8) is 0 Å². The molecule has 4 heterocycles. The van der Waals surface area contributed by atoms with Crippen molar-refractivity contribution in [2.24, 2.45) is 23.7 Å². The van der Waals surface area contributed by atoms with Crippen molar-refractivity contribution >= 4 is 78.1 Å². The highest BCUT2D eigenvalue weighted by Crippen LogP contribution is 2.52. The Morgan fingerprint density at radius 2 is 0.933 bits per heavy atom. The summed E-state index contributed by atoms with van der Waals surface area (Å²) >= 11 is 0. The first-order valence-corrected chi connectivity index (χ1v) is 23.6. The summed E-state index contributed by atoms with van der Waals surface area (Å²) in [7, 11) is 0. The van der Waals surface area contributed by atoms with Gasteiger partial charge in [-0.25, -0.2) is 0 Å². The molecule has 8 heteroatoms. The van der Waals surface area contributed by atoms with Crippen LogP contribution in [-0.2, 0) is 0 Å². The van der Waals surface area contributed by atoms with E-state index in [2.05, 4.69) is 75.6 Å². The minimum absolute atomic E-state index is 0.195. The average Bonchev–Trinajstić information content (AvgIpc) is 3.26. The Hall–Kier alpha value is -4.72. The monoisotopic (exact) mass is 808 g/mol. The second-order valence-electron chi connectivity index (χ2n) is 19.1. The van der Waals surface area contributed by atoms with Crippen LogP contribution in [0.5, 0.6) is 0 Å². The smallest absolute Gasteiger partial charge is 0.261 e. The zero-order valence-corrected chi connectivity index (χ0v) is 36.9. The topological polar surface area (TPSA) is 81.2 Å². The summed E-state index contributed by atoms with van der Waals surface area (Å²) in [4.78, 5) is 67.3. The maximum Gasteiger partial charge on any atom is 0.261 e. The van der Waals surface area contributed by atoms with Gasteiger partial charge >= 0.3 is 0 Å².